The molecule has 0 saturated heterocycles. The first-order valence-electron chi connectivity index (χ1n) is 7.48. The van der Waals surface area contributed by atoms with Crippen molar-refractivity contribution in [3.05, 3.63) is 46.8 Å². The number of imidazole rings is 1. The van der Waals surface area contributed by atoms with Gasteiger partial charge < -0.3 is 20.0 Å². The Bertz CT molecular complexity index is 1010. The fraction of sp³-hybridized carbons (Fsp3) is 0.250. The SMILES string of the molecule is COc1cnn(C)c(=O)c1-c1ccc(CC(N)C(=O)O)n2ccnc12. The molecule has 3 aromatic heterocycles. The molecule has 0 aliphatic rings. The largest absolute Gasteiger partial charge is 0.494 e. The van der Waals surface area contributed by atoms with E-state index >= 15 is 0 Å². The fourth-order valence-corrected chi connectivity index (χ4v) is 2.67. The summed E-state index contributed by atoms with van der Waals surface area (Å²) in [4.78, 5) is 27.9. The highest BCUT2D eigenvalue weighted by atomic mass is 16.5. The lowest BCUT2D eigenvalue weighted by atomic mass is 10.1. The van der Waals surface area contributed by atoms with Gasteiger partial charge in [-0.2, -0.15) is 5.10 Å². The van der Waals surface area contributed by atoms with Crippen molar-refractivity contribution in [2.24, 2.45) is 12.8 Å². The summed E-state index contributed by atoms with van der Waals surface area (Å²) in [7, 11) is 3.01. The predicted octanol–water partition coefficient (Wildman–Crippen LogP) is 0.0580. The van der Waals surface area contributed by atoms with Gasteiger partial charge in [0.25, 0.3) is 5.56 Å². The van der Waals surface area contributed by atoms with Crippen LogP contribution in [0.25, 0.3) is 16.8 Å². The topological polar surface area (TPSA) is 125 Å². The molecule has 3 heterocycles. The van der Waals surface area contributed by atoms with Crippen LogP contribution < -0.4 is 16.0 Å². The van der Waals surface area contributed by atoms with Crippen LogP contribution in [0.3, 0.4) is 0 Å². The van der Waals surface area contributed by atoms with Gasteiger partial charge in [-0.25, -0.2) is 9.67 Å². The second-order valence-corrected chi connectivity index (χ2v) is 5.52. The Kier molecular flexibility index (Phi) is 4.24. The van der Waals surface area contributed by atoms with Gasteiger partial charge in [-0.05, 0) is 12.1 Å². The van der Waals surface area contributed by atoms with E-state index in [0.717, 1.165) is 0 Å². The van der Waals surface area contributed by atoms with Crippen LogP contribution in [0.1, 0.15) is 5.69 Å². The number of nitrogens with zero attached hydrogens (tertiary/aromatic N) is 4. The molecule has 130 valence electrons. The van der Waals surface area contributed by atoms with Crippen LogP contribution in [0.15, 0.2) is 35.5 Å². The number of rotatable bonds is 5. The molecule has 0 fully saturated rings. The molecule has 3 rings (SSSR count). The van der Waals surface area contributed by atoms with E-state index in [1.54, 1.807) is 36.0 Å². The number of fused-ring (bicyclic) bond motifs is 1. The molecule has 25 heavy (non-hydrogen) atoms. The van der Waals surface area contributed by atoms with Crippen molar-refractivity contribution in [2.45, 2.75) is 12.5 Å². The maximum Gasteiger partial charge on any atom is 0.320 e. The Morgan fingerprint density at radius 2 is 2.20 bits per heavy atom. The molecule has 1 atom stereocenters. The van der Waals surface area contributed by atoms with Gasteiger partial charge in [0.1, 0.15) is 11.7 Å². The second kappa shape index (κ2) is 6.36. The Labute approximate surface area is 142 Å². The molecule has 0 bridgehead atoms. The minimum atomic E-state index is -1.08. The van der Waals surface area contributed by atoms with Crippen molar-refractivity contribution in [3.63, 3.8) is 0 Å². The highest BCUT2D eigenvalue weighted by Gasteiger charge is 2.20. The van der Waals surface area contributed by atoms with Crippen LogP contribution in [0.5, 0.6) is 5.75 Å². The number of methoxy groups -OCH3 is 1. The number of carbonyl (C=O) groups is 1. The number of ether oxygens (including phenoxy) is 1. The van der Waals surface area contributed by atoms with E-state index in [9.17, 15) is 9.59 Å². The first kappa shape index (κ1) is 16.7. The average molecular weight is 343 g/mol. The maximum atomic E-state index is 12.6. The van der Waals surface area contributed by atoms with Gasteiger partial charge >= 0.3 is 5.97 Å². The van der Waals surface area contributed by atoms with Gasteiger partial charge in [0, 0.05) is 37.1 Å². The Hall–Kier alpha value is -3.20. The molecule has 0 aliphatic heterocycles. The number of aryl methyl sites for hydroxylation is 1. The van der Waals surface area contributed by atoms with E-state index in [1.165, 1.54) is 18.0 Å². The minimum Gasteiger partial charge on any atom is -0.494 e. The molecule has 3 aromatic rings. The van der Waals surface area contributed by atoms with Crippen LogP contribution in [-0.2, 0) is 18.3 Å². The molecule has 0 aliphatic carbocycles. The lowest BCUT2D eigenvalue weighted by Gasteiger charge is -2.13. The van der Waals surface area contributed by atoms with Gasteiger partial charge in [0.2, 0.25) is 0 Å². The summed E-state index contributed by atoms with van der Waals surface area (Å²) < 4.78 is 8.21. The first-order chi connectivity index (χ1) is 11.9. The van der Waals surface area contributed by atoms with E-state index in [-0.39, 0.29) is 12.0 Å². The first-order valence-corrected chi connectivity index (χ1v) is 7.48. The van der Waals surface area contributed by atoms with Crippen molar-refractivity contribution in [3.8, 4) is 16.9 Å². The second-order valence-electron chi connectivity index (χ2n) is 5.52. The summed E-state index contributed by atoms with van der Waals surface area (Å²) in [5, 5.41) is 13.0. The lowest BCUT2D eigenvalue weighted by Crippen LogP contribution is -2.32. The van der Waals surface area contributed by atoms with Crippen molar-refractivity contribution in [1.82, 2.24) is 19.2 Å². The number of aliphatic carboxylic acids is 1. The van der Waals surface area contributed by atoms with Crippen LogP contribution in [0.4, 0.5) is 0 Å². The van der Waals surface area contributed by atoms with Crippen LogP contribution in [0.2, 0.25) is 0 Å². The number of carboxylic acid groups (broad SMARTS) is 1. The zero-order chi connectivity index (χ0) is 18.1. The molecular weight excluding hydrogens is 326 g/mol. The molecule has 0 aromatic carbocycles. The molecule has 9 heteroatoms. The maximum absolute atomic E-state index is 12.6. The van der Waals surface area contributed by atoms with E-state index < -0.39 is 12.0 Å². The Morgan fingerprint density at radius 3 is 2.88 bits per heavy atom. The summed E-state index contributed by atoms with van der Waals surface area (Å²) >= 11 is 0. The summed E-state index contributed by atoms with van der Waals surface area (Å²) in [5.74, 6) is -0.745. The molecule has 9 nitrogen and oxygen atoms in total. The van der Waals surface area contributed by atoms with Crippen LogP contribution in [0, 0.1) is 0 Å². The highest BCUT2D eigenvalue weighted by molar-refractivity contribution is 5.81. The van der Waals surface area contributed by atoms with Crippen LogP contribution >= 0.6 is 0 Å². The highest BCUT2D eigenvalue weighted by Crippen LogP contribution is 2.29. The van der Waals surface area contributed by atoms with Gasteiger partial charge in [-0.3, -0.25) is 9.59 Å². The number of hydrogen-bond donors (Lipinski definition) is 2. The smallest absolute Gasteiger partial charge is 0.320 e. The molecule has 1 unspecified atom stereocenters. The zero-order valence-electron chi connectivity index (χ0n) is 13.7. The minimum absolute atomic E-state index is 0.133. The average Bonchev–Trinajstić information content (AvgIpc) is 3.08. The standard InChI is InChI=1S/C16H17N5O4/c1-20-15(22)13(12(25-2)8-19-20)10-4-3-9(7-11(17)16(23)24)21-6-5-18-14(10)21/h3-6,8,11H,7,17H2,1-2H3,(H,23,24). The van der Waals surface area contributed by atoms with Crippen molar-refractivity contribution >= 4 is 11.6 Å². The fourth-order valence-electron chi connectivity index (χ4n) is 2.67. The number of carboxylic acids is 1. The monoisotopic (exact) mass is 343 g/mol. The Morgan fingerprint density at radius 1 is 1.44 bits per heavy atom. The molecule has 0 spiro atoms. The van der Waals surface area contributed by atoms with Gasteiger partial charge in [0.05, 0.1) is 18.9 Å². The summed E-state index contributed by atoms with van der Waals surface area (Å²) in [5.41, 5.74) is 7.41. The van der Waals surface area contributed by atoms with Gasteiger partial charge in [0.15, 0.2) is 5.75 Å². The molecule has 0 radical (unpaired) electrons. The molecule has 0 saturated carbocycles. The predicted molar refractivity (Wildman–Crippen MR) is 89.5 cm³/mol. The third-order valence-corrected chi connectivity index (χ3v) is 3.97. The van der Waals surface area contributed by atoms with E-state index in [2.05, 4.69) is 10.1 Å². The van der Waals surface area contributed by atoms with Gasteiger partial charge in [-0.1, -0.05) is 0 Å². The van der Waals surface area contributed by atoms with Crippen molar-refractivity contribution < 1.29 is 14.6 Å². The molecule has 3 N–H and O–H groups in total. The summed E-state index contributed by atoms with van der Waals surface area (Å²) in [6.45, 7) is 0. The molecular formula is C16H17N5O4. The van der Waals surface area contributed by atoms with Gasteiger partial charge in [-0.15, -0.1) is 0 Å². The zero-order valence-corrected chi connectivity index (χ0v) is 13.7. The van der Waals surface area contributed by atoms with E-state index in [1.807, 2.05) is 0 Å². The van der Waals surface area contributed by atoms with E-state index in [0.29, 0.717) is 28.2 Å². The van der Waals surface area contributed by atoms with Crippen molar-refractivity contribution in [2.75, 3.05) is 7.11 Å². The molecule has 0 amide bonds. The summed E-state index contributed by atoms with van der Waals surface area (Å²) in [6.07, 6.45) is 4.87. The van der Waals surface area contributed by atoms with E-state index in [4.69, 9.17) is 15.6 Å². The lowest BCUT2D eigenvalue weighted by molar-refractivity contribution is -0.138. The van der Waals surface area contributed by atoms with Crippen LogP contribution in [-0.4, -0.2) is 43.4 Å². The third kappa shape index (κ3) is 2.85. The normalized spacial score (nSPS) is 12.3. The Balaban J connectivity index is 2.21. The van der Waals surface area contributed by atoms with Crippen molar-refractivity contribution in [1.29, 1.82) is 0 Å². The number of nitrogens with two attached hydrogens (primary N) is 1. The summed E-state index contributed by atoms with van der Waals surface area (Å²) in [6, 6.07) is 2.41. The quantitative estimate of drug-likeness (QED) is 0.671. The third-order valence-electron chi connectivity index (χ3n) is 3.97. The number of aromatic nitrogens is 4. The number of pyridine rings is 1. The number of hydrogen-bond acceptors (Lipinski definition) is 6.